The van der Waals surface area contributed by atoms with E-state index >= 15 is 0 Å². The topological polar surface area (TPSA) is 63.1 Å². The van der Waals surface area contributed by atoms with Crippen LogP contribution < -0.4 is 5.32 Å². The summed E-state index contributed by atoms with van der Waals surface area (Å²) in [5, 5.41) is 11.7. The first kappa shape index (κ1) is 15.2. The van der Waals surface area contributed by atoms with Gasteiger partial charge in [0, 0.05) is 32.0 Å². The monoisotopic (exact) mass is 325 g/mol. The van der Waals surface area contributed by atoms with E-state index < -0.39 is 0 Å². The van der Waals surface area contributed by atoms with Crippen LogP contribution in [0.2, 0.25) is 0 Å². The minimum Gasteiger partial charge on any atom is -0.334 e. The first-order chi connectivity index (χ1) is 11.8. The molecular formula is C18H23N5O. The molecule has 6 heteroatoms. The molecule has 1 saturated heterocycles. The predicted molar refractivity (Wildman–Crippen MR) is 90.4 cm³/mol. The van der Waals surface area contributed by atoms with Crippen molar-refractivity contribution in [3.8, 4) is 0 Å². The van der Waals surface area contributed by atoms with Crippen molar-refractivity contribution in [1.29, 1.82) is 0 Å². The minimum atomic E-state index is 0.0445. The van der Waals surface area contributed by atoms with Crippen LogP contribution in [0.25, 0.3) is 0 Å². The Kier molecular flexibility index (Phi) is 3.96. The minimum absolute atomic E-state index is 0.0445. The predicted octanol–water partition coefficient (Wildman–Crippen LogP) is 2.14. The number of urea groups is 1. The number of carbonyl (C=O) groups excluding carboxylic acids is 1. The molecule has 2 atom stereocenters. The van der Waals surface area contributed by atoms with Gasteiger partial charge < -0.3 is 14.8 Å². The number of nitrogens with zero attached hydrogens (tertiary/aromatic N) is 4. The second kappa shape index (κ2) is 6.26. The second-order valence-corrected chi connectivity index (χ2v) is 6.64. The van der Waals surface area contributed by atoms with Gasteiger partial charge >= 0.3 is 6.03 Å². The first-order valence-electron chi connectivity index (χ1n) is 8.77. The average molecular weight is 325 g/mol. The van der Waals surface area contributed by atoms with E-state index in [1.165, 1.54) is 0 Å². The SMILES string of the molecule is CCc1nnc2n1CC1CCC(C2)N1C(=O)NCc1ccccc1. The van der Waals surface area contributed by atoms with Crippen LogP contribution in [0.15, 0.2) is 30.3 Å². The lowest BCUT2D eigenvalue weighted by atomic mass is 10.1. The van der Waals surface area contributed by atoms with Crippen molar-refractivity contribution in [2.75, 3.05) is 0 Å². The molecule has 2 bridgehead atoms. The molecule has 2 aliphatic heterocycles. The van der Waals surface area contributed by atoms with Crippen molar-refractivity contribution < 1.29 is 4.79 Å². The Bertz CT molecular complexity index is 726. The number of rotatable bonds is 3. The summed E-state index contributed by atoms with van der Waals surface area (Å²) >= 11 is 0. The van der Waals surface area contributed by atoms with Gasteiger partial charge in [-0.15, -0.1) is 10.2 Å². The molecule has 0 spiro atoms. The molecule has 0 aliphatic carbocycles. The van der Waals surface area contributed by atoms with Gasteiger partial charge in [-0.2, -0.15) is 0 Å². The molecule has 4 rings (SSSR count). The molecule has 1 fully saturated rings. The molecule has 2 amide bonds. The van der Waals surface area contributed by atoms with Gasteiger partial charge in [0.25, 0.3) is 0 Å². The van der Waals surface area contributed by atoms with Crippen LogP contribution in [0.3, 0.4) is 0 Å². The fourth-order valence-corrected chi connectivity index (χ4v) is 3.95. The lowest BCUT2D eigenvalue weighted by Crippen LogP contribution is -2.47. The average Bonchev–Trinajstić information content (AvgIpc) is 3.13. The molecule has 24 heavy (non-hydrogen) atoms. The number of carbonyl (C=O) groups is 1. The fourth-order valence-electron chi connectivity index (χ4n) is 3.95. The van der Waals surface area contributed by atoms with Crippen LogP contribution >= 0.6 is 0 Å². The highest BCUT2D eigenvalue weighted by molar-refractivity contribution is 5.75. The molecule has 3 heterocycles. The summed E-state index contributed by atoms with van der Waals surface area (Å²) in [7, 11) is 0. The maximum Gasteiger partial charge on any atom is 0.318 e. The van der Waals surface area contributed by atoms with Crippen LogP contribution in [0.4, 0.5) is 4.79 Å². The number of hydrogen-bond acceptors (Lipinski definition) is 3. The van der Waals surface area contributed by atoms with Gasteiger partial charge in [0.2, 0.25) is 0 Å². The molecule has 1 aromatic heterocycles. The quantitative estimate of drug-likeness (QED) is 0.940. The van der Waals surface area contributed by atoms with Gasteiger partial charge in [-0.05, 0) is 18.4 Å². The van der Waals surface area contributed by atoms with E-state index in [-0.39, 0.29) is 18.1 Å². The van der Waals surface area contributed by atoms with Gasteiger partial charge in [0.15, 0.2) is 0 Å². The number of aromatic nitrogens is 3. The van der Waals surface area contributed by atoms with Crippen molar-refractivity contribution in [2.24, 2.45) is 0 Å². The standard InChI is InChI=1S/C18H23N5O/c1-2-16-20-21-17-10-14-8-9-15(12-22(16)17)23(14)18(24)19-11-13-6-4-3-5-7-13/h3-7,14-15H,2,8-12H2,1H3,(H,19,24). The van der Waals surface area contributed by atoms with Crippen molar-refractivity contribution >= 4 is 6.03 Å². The first-order valence-corrected chi connectivity index (χ1v) is 8.77. The third-order valence-electron chi connectivity index (χ3n) is 5.17. The molecule has 0 radical (unpaired) electrons. The van der Waals surface area contributed by atoms with E-state index in [1.54, 1.807) is 0 Å². The highest BCUT2D eigenvalue weighted by atomic mass is 16.2. The summed E-state index contributed by atoms with van der Waals surface area (Å²) in [4.78, 5) is 14.8. The van der Waals surface area contributed by atoms with Gasteiger partial charge in [-0.3, -0.25) is 0 Å². The van der Waals surface area contributed by atoms with Crippen molar-refractivity contribution in [2.45, 2.75) is 57.8 Å². The summed E-state index contributed by atoms with van der Waals surface area (Å²) in [6.45, 7) is 3.49. The summed E-state index contributed by atoms with van der Waals surface area (Å²) < 4.78 is 2.22. The van der Waals surface area contributed by atoms with Gasteiger partial charge in [0.1, 0.15) is 11.6 Å². The molecular weight excluding hydrogens is 302 g/mol. The Morgan fingerprint density at radius 3 is 2.79 bits per heavy atom. The van der Waals surface area contributed by atoms with Crippen molar-refractivity contribution in [1.82, 2.24) is 25.0 Å². The number of fused-ring (bicyclic) bond motifs is 3. The zero-order valence-corrected chi connectivity index (χ0v) is 14.0. The van der Waals surface area contributed by atoms with E-state index in [4.69, 9.17) is 0 Å². The lowest BCUT2D eigenvalue weighted by molar-refractivity contribution is 0.170. The summed E-state index contributed by atoms with van der Waals surface area (Å²) in [5.41, 5.74) is 1.12. The Balaban J connectivity index is 1.48. The number of amides is 2. The Labute approximate surface area is 141 Å². The van der Waals surface area contributed by atoms with E-state index in [9.17, 15) is 4.79 Å². The zero-order valence-electron chi connectivity index (χ0n) is 14.0. The number of benzene rings is 1. The van der Waals surface area contributed by atoms with Crippen LogP contribution in [0.1, 0.15) is 37.0 Å². The number of hydrogen-bond donors (Lipinski definition) is 1. The van der Waals surface area contributed by atoms with Gasteiger partial charge in [0.05, 0.1) is 6.04 Å². The fraction of sp³-hybridized carbons (Fsp3) is 0.500. The Morgan fingerprint density at radius 2 is 2.00 bits per heavy atom. The molecule has 1 N–H and O–H groups in total. The zero-order chi connectivity index (χ0) is 16.5. The number of aryl methyl sites for hydroxylation is 1. The van der Waals surface area contributed by atoms with Crippen LogP contribution in [-0.4, -0.2) is 37.8 Å². The van der Waals surface area contributed by atoms with Crippen molar-refractivity contribution in [3.63, 3.8) is 0 Å². The lowest BCUT2D eigenvalue weighted by Gasteiger charge is -2.28. The molecule has 6 nitrogen and oxygen atoms in total. The molecule has 2 aromatic rings. The van der Waals surface area contributed by atoms with E-state index in [0.717, 1.165) is 49.4 Å². The van der Waals surface area contributed by atoms with Crippen molar-refractivity contribution in [3.05, 3.63) is 47.5 Å². The molecule has 2 unspecified atom stereocenters. The van der Waals surface area contributed by atoms with Gasteiger partial charge in [-0.1, -0.05) is 37.3 Å². The number of nitrogens with one attached hydrogen (secondary N) is 1. The van der Waals surface area contributed by atoms with E-state index in [1.807, 2.05) is 30.3 Å². The third-order valence-corrected chi connectivity index (χ3v) is 5.17. The summed E-state index contributed by atoms with van der Waals surface area (Å²) in [5.74, 6) is 2.06. The highest BCUT2D eigenvalue weighted by Crippen LogP contribution is 2.31. The molecule has 1 aromatic carbocycles. The largest absolute Gasteiger partial charge is 0.334 e. The molecule has 2 aliphatic rings. The normalized spacial score (nSPS) is 22.1. The van der Waals surface area contributed by atoms with E-state index in [0.29, 0.717) is 6.54 Å². The highest BCUT2D eigenvalue weighted by Gasteiger charge is 2.40. The van der Waals surface area contributed by atoms with Gasteiger partial charge in [-0.25, -0.2) is 4.79 Å². The van der Waals surface area contributed by atoms with Crippen LogP contribution in [0, 0.1) is 0 Å². The van der Waals surface area contributed by atoms with Crippen LogP contribution in [-0.2, 0) is 25.9 Å². The second-order valence-electron chi connectivity index (χ2n) is 6.64. The maximum atomic E-state index is 12.8. The molecule has 0 saturated carbocycles. The summed E-state index contributed by atoms with van der Waals surface area (Å²) in [6, 6.07) is 10.6. The van der Waals surface area contributed by atoms with Crippen LogP contribution in [0.5, 0.6) is 0 Å². The Morgan fingerprint density at radius 1 is 1.21 bits per heavy atom. The smallest absolute Gasteiger partial charge is 0.318 e. The Hall–Kier alpha value is -2.37. The molecule has 126 valence electrons. The third kappa shape index (κ3) is 2.66. The summed E-state index contributed by atoms with van der Waals surface area (Å²) in [6.07, 6.45) is 3.80. The van der Waals surface area contributed by atoms with E-state index in [2.05, 4.69) is 31.9 Å². The maximum absolute atomic E-state index is 12.8.